The Hall–Kier alpha value is -3.87. The Balaban J connectivity index is 1.66. The van der Waals surface area contributed by atoms with Gasteiger partial charge in [-0.05, 0) is 54.4 Å². The van der Waals surface area contributed by atoms with Crippen molar-refractivity contribution in [3.8, 4) is 5.75 Å². The van der Waals surface area contributed by atoms with Crippen LogP contribution in [0.5, 0.6) is 5.75 Å². The molecule has 7 heteroatoms. The summed E-state index contributed by atoms with van der Waals surface area (Å²) in [5, 5.41) is 0.101. The molecule has 5 rings (SSSR count). The lowest BCUT2D eigenvalue weighted by Gasteiger charge is -2.24. The van der Waals surface area contributed by atoms with Gasteiger partial charge in [0, 0.05) is 0 Å². The second-order valence-electron chi connectivity index (χ2n) is 7.65. The SMILES string of the molecule is CCCOc1ccc(C2c3c(oc4ccc(F)cc4c3=O)C(=O)N2Cc2ccco2)cc1. The largest absolute Gasteiger partial charge is 0.494 e. The Morgan fingerprint density at radius 1 is 1.09 bits per heavy atom. The predicted molar refractivity (Wildman–Crippen MR) is 115 cm³/mol. The van der Waals surface area contributed by atoms with Crippen LogP contribution < -0.4 is 10.2 Å². The maximum absolute atomic E-state index is 13.9. The van der Waals surface area contributed by atoms with Crippen molar-refractivity contribution in [3.05, 3.63) is 99.5 Å². The second kappa shape index (κ2) is 8.00. The van der Waals surface area contributed by atoms with Crippen LogP contribution in [0.1, 0.15) is 46.8 Å². The van der Waals surface area contributed by atoms with E-state index in [2.05, 4.69) is 0 Å². The molecule has 2 aromatic heterocycles. The lowest BCUT2D eigenvalue weighted by molar-refractivity contribution is 0.0701. The zero-order valence-electron chi connectivity index (χ0n) is 17.3. The number of rotatable bonds is 6. The van der Waals surface area contributed by atoms with Crippen molar-refractivity contribution in [2.75, 3.05) is 6.61 Å². The molecule has 0 bridgehead atoms. The summed E-state index contributed by atoms with van der Waals surface area (Å²) in [5.74, 6) is 0.274. The molecule has 0 saturated carbocycles. The first-order valence-corrected chi connectivity index (χ1v) is 10.4. The van der Waals surface area contributed by atoms with Gasteiger partial charge in [0.15, 0.2) is 5.43 Å². The second-order valence-corrected chi connectivity index (χ2v) is 7.65. The minimum atomic E-state index is -0.702. The van der Waals surface area contributed by atoms with E-state index in [1.54, 1.807) is 24.3 Å². The van der Waals surface area contributed by atoms with Crippen LogP contribution in [0.25, 0.3) is 11.0 Å². The van der Waals surface area contributed by atoms with Crippen molar-refractivity contribution in [1.29, 1.82) is 0 Å². The summed E-state index contributed by atoms with van der Waals surface area (Å²) in [6, 6.07) is 13.8. The number of carbonyl (C=O) groups excluding carboxylic acids is 1. The molecular weight excluding hydrogens is 413 g/mol. The minimum absolute atomic E-state index is 0.0306. The van der Waals surface area contributed by atoms with Gasteiger partial charge in [-0.1, -0.05) is 19.1 Å². The fourth-order valence-corrected chi connectivity index (χ4v) is 4.04. The highest BCUT2D eigenvalue weighted by Gasteiger charge is 2.43. The van der Waals surface area contributed by atoms with Gasteiger partial charge in [0.1, 0.15) is 22.9 Å². The van der Waals surface area contributed by atoms with Crippen LogP contribution in [-0.2, 0) is 6.54 Å². The number of furan rings is 1. The molecule has 1 atom stereocenters. The van der Waals surface area contributed by atoms with Gasteiger partial charge < -0.3 is 18.5 Å². The highest BCUT2D eigenvalue weighted by Crippen LogP contribution is 2.39. The Morgan fingerprint density at radius 3 is 2.62 bits per heavy atom. The zero-order valence-corrected chi connectivity index (χ0v) is 17.3. The van der Waals surface area contributed by atoms with Crippen LogP contribution in [-0.4, -0.2) is 17.4 Å². The Morgan fingerprint density at radius 2 is 1.91 bits per heavy atom. The summed E-state index contributed by atoms with van der Waals surface area (Å²) < 4.78 is 30.8. The van der Waals surface area contributed by atoms with Gasteiger partial charge in [-0.3, -0.25) is 9.59 Å². The third kappa shape index (κ3) is 3.36. The molecule has 6 nitrogen and oxygen atoms in total. The van der Waals surface area contributed by atoms with E-state index in [-0.39, 0.29) is 28.8 Å². The van der Waals surface area contributed by atoms with Crippen LogP contribution in [0.2, 0.25) is 0 Å². The Kier molecular flexibility index (Phi) is 5.01. The van der Waals surface area contributed by atoms with E-state index in [1.165, 1.54) is 23.3 Å². The topological polar surface area (TPSA) is 72.9 Å². The number of ether oxygens (including phenoxy) is 1. The number of nitrogens with zero attached hydrogens (tertiary/aromatic N) is 1. The normalized spacial score (nSPS) is 15.4. The van der Waals surface area contributed by atoms with Crippen molar-refractivity contribution in [2.45, 2.75) is 25.9 Å². The van der Waals surface area contributed by atoms with E-state index in [1.807, 2.05) is 19.1 Å². The number of hydrogen-bond acceptors (Lipinski definition) is 5. The van der Waals surface area contributed by atoms with Crippen LogP contribution in [0.3, 0.4) is 0 Å². The Labute approximate surface area is 182 Å². The molecule has 3 heterocycles. The lowest BCUT2D eigenvalue weighted by atomic mass is 9.98. The highest BCUT2D eigenvalue weighted by molar-refractivity contribution is 5.99. The van der Waals surface area contributed by atoms with Crippen molar-refractivity contribution in [3.63, 3.8) is 0 Å². The number of amides is 1. The van der Waals surface area contributed by atoms with Crippen molar-refractivity contribution in [2.24, 2.45) is 0 Å². The quantitative estimate of drug-likeness (QED) is 0.425. The van der Waals surface area contributed by atoms with Gasteiger partial charge in [0.2, 0.25) is 5.76 Å². The minimum Gasteiger partial charge on any atom is -0.494 e. The lowest BCUT2D eigenvalue weighted by Crippen LogP contribution is -2.29. The molecule has 1 aliphatic rings. The highest BCUT2D eigenvalue weighted by atomic mass is 19.1. The van der Waals surface area contributed by atoms with E-state index in [9.17, 15) is 14.0 Å². The molecule has 0 N–H and O–H groups in total. The summed E-state index contributed by atoms with van der Waals surface area (Å²) >= 11 is 0. The molecular formula is C25H20FNO5. The van der Waals surface area contributed by atoms with Crippen LogP contribution in [0.15, 0.2) is 74.5 Å². The third-order valence-corrected chi connectivity index (χ3v) is 5.50. The van der Waals surface area contributed by atoms with Crippen LogP contribution in [0.4, 0.5) is 4.39 Å². The molecule has 0 aliphatic carbocycles. The third-order valence-electron chi connectivity index (χ3n) is 5.50. The Bertz CT molecular complexity index is 1340. The van der Waals surface area contributed by atoms with Gasteiger partial charge >= 0.3 is 0 Å². The molecule has 2 aromatic carbocycles. The summed E-state index contributed by atoms with van der Waals surface area (Å²) in [6.07, 6.45) is 2.41. The molecule has 0 saturated heterocycles. The fraction of sp³-hybridized carbons (Fsp3) is 0.200. The molecule has 0 radical (unpaired) electrons. The molecule has 1 aliphatic heterocycles. The number of hydrogen-bond donors (Lipinski definition) is 0. The van der Waals surface area contributed by atoms with Gasteiger partial charge in [-0.2, -0.15) is 0 Å². The first-order chi connectivity index (χ1) is 15.6. The molecule has 4 aromatic rings. The molecule has 32 heavy (non-hydrogen) atoms. The number of fused-ring (bicyclic) bond motifs is 2. The first-order valence-electron chi connectivity index (χ1n) is 10.4. The molecule has 1 unspecified atom stereocenters. The van der Waals surface area contributed by atoms with E-state index < -0.39 is 23.2 Å². The van der Waals surface area contributed by atoms with Crippen LogP contribution in [0, 0.1) is 5.82 Å². The maximum Gasteiger partial charge on any atom is 0.291 e. The molecule has 0 spiro atoms. The summed E-state index contributed by atoms with van der Waals surface area (Å²) in [4.78, 5) is 28.3. The van der Waals surface area contributed by atoms with E-state index in [4.69, 9.17) is 13.6 Å². The maximum atomic E-state index is 13.9. The van der Waals surface area contributed by atoms with Crippen LogP contribution >= 0.6 is 0 Å². The molecule has 0 fully saturated rings. The monoisotopic (exact) mass is 433 g/mol. The summed E-state index contributed by atoms with van der Waals surface area (Å²) in [7, 11) is 0. The van der Waals surface area contributed by atoms with Gasteiger partial charge in [0.05, 0.1) is 36.4 Å². The van der Waals surface area contributed by atoms with Gasteiger partial charge in [0.25, 0.3) is 5.91 Å². The van der Waals surface area contributed by atoms with Gasteiger partial charge in [-0.15, -0.1) is 0 Å². The summed E-state index contributed by atoms with van der Waals surface area (Å²) in [6.45, 7) is 2.77. The zero-order chi connectivity index (χ0) is 22.2. The smallest absolute Gasteiger partial charge is 0.291 e. The molecule has 162 valence electrons. The van der Waals surface area contributed by atoms with Crippen molar-refractivity contribution < 1.29 is 22.8 Å². The van der Waals surface area contributed by atoms with E-state index >= 15 is 0 Å². The molecule has 1 amide bonds. The average Bonchev–Trinajstić information content (AvgIpc) is 3.41. The predicted octanol–water partition coefficient (Wildman–Crippen LogP) is 5.06. The standard InChI is InChI=1S/C25H20FNO5/c1-2-11-30-17-8-5-15(6-9-17)22-21-23(28)19-13-16(26)7-10-20(19)32-24(21)25(29)27(22)14-18-4-3-12-31-18/h3-10,12-13,22H,2,11,14H2,1H3. The van der Waals surface area contributed by atoms with Crippen molar-refractivity contribution in [1.82, 2.24) is 4.90 Å². The van der Waals surface area contributed by atoms with Gasteiger partial charge in [-0.25, -0.2) is 4.39 Å². The van der Waals surface area contributed by atoms with E-state index in [0.717, 1.165) is 18.1 Å². The number of carbonyl (C=O) groups is 1. The number of benzene rings is 2. The summed E-state index contributed by atoms with van der Waals surface area (Å²) in [5.41, 5.74) is 0.662. The number of halogens is 1. The first kappa shape index (κ1) is 20.1. The average molecular weight is 433 g/mol. The van der Waals surface area contributed by atoms with Crippen molar-refractivity contribution >= 4 is 16.9 Å². The fourth-order valence-electron chi connectivity index (χ4n) is 4.04. The van der Waals surface area contributed by atoms with E-state index in [0.29, 0.717) is 18.1 Å².